The van der Waals surface area contributed by atoms with Crippen molar-refractivity contribution in [1.29, 1.82) is 0 Å². The fourth-order valence-electron chi connectivity index (χ4n) is 1.96. The van der Waals surface area contributed by atoms with Crippen LogP contribution in [0.1, 0.15) is 38.8 Å². The maximum atomic E-state index is 14.1. The Hall–Kier alpha value is -1.35. The van der Waals surface area contributed by atoms with E-state index in [0.717, 1.165) is 29.7 Å². The Morgan fingerprint density at radius 3 is 2.74 bits per heavy atom. The summed E-state index contributed by atoms with van der Waals surface area (Å²) in [6, 6.07) is 5.39. The van der Waals surface area contributed by atoms with Crippen molar-refractivity contribution in [2.24, 2.45) is 0 Å². The van der Waals surface area contributed by atoms with Crippen molar-refractivity contribution in [3.05, 3.63) is 34.7 Å². The molecule has 4 heteroatoms. The van der Waals surface area contributed by atoms with Crippen LogP contribution in [0, 0.1) is 5.82 Å². The van der Waals surface area contributed by atoms with Crippen molar-refractivity contribution < 1.29 is 4.39 Å². The zero-order valence-corrected chi connectivity index (χ0v) is 12.2. The van der Waals surface area contributed by atoms with Crippen molar-refractivity contribution in [3.8, 4) is 0 Å². The monoisotopic (exact) mass is 280 g/mol. The summed E-state index contributed by atoms with van der Waals surface area (Å²) in [4.78, 5) is 4.40. The summed E-state index contributed by atoms with van der Waals surface area (Å²) < 4.78 is 14.1. The highest BCUT2D eigenvalue weighted by atomic mass is 35.5. The lowest BCUT2D eigenvalue weighted by atomic mass is 10.1. The van der Waals surface area contributed by atoms with Crippen LogP contribution in [0.5, 0.6) is 0 Å². The Labute approximate surface area is 118 Å². The number of aromatic nitrogens is 1. The van der Waals surface area contributed by atoms with E-state index in [1.54, 1.807) is 6.07 Å². The Morgan fingerprint density at radius 2 is 2.11 bits per heavy atom. The number of benzene rings is 1. The highest BCUT2D eigenvalue weighted by Gasteiger charge is 2.13. The molecule has 0 spiro atoms. The Balaban J connectivity index is 2.67. The summed E-state index contributed by atoms with van der Waals surface area (Å²) in [6.45, 7) is 7.03. The number of halogens is 2. The molecule has 1 N–H and O–H groups in total. The smallest absolute Gasteiger partial charge is 0.168 e. The molecule has 0 atom stereocenters. The quantitative estimate of drug-likeness (QED) is 0.855. The first-order valence-electron chi connectivity index (χ1n) is 6.57. The minimum Gasteiger partial charge on any atom is -0.384 e. The zero-order valence-electron chi connectivity index (χ0n) is 11.4. The topological polar surface area (TPSA) is 24.9 Å². The summed E-state index contributed by atoms with van der Waals surface area (Å²) in [5.41, 5.74) is 2.13. The van der Waals surface area contributed by atoms with Gasteiger partial charge in [-0.2, -0.15) is 0 Å². The van der Waals surface area contributed by atoms with E-state index in [-0.39, 0.29) is 10.9 Å². The van der Waals surface area contributed by atoms with Crippen LogP contribution in [0.2, 0.25) is 5.02 Å². The van der Waals surface area contributed by atoms with E-state index < -0.39 is 5.82 Å². The molecule has 102 valence electrons. The Bertz CT molecular complexity index is 596. The first-order chi connectivity index (χ1) is 9.04. The second-order valence-corrected chi connectivity index (χ2v) is 5.34. The molecule has 19 heavy (non-hydrogen) atoms. The van der Waals surface area contributed by atoms with E-state index >= 15 is 0 Å². The van der Waals surface area contributed by atoms with Gasteiger partial charge < -0.3 is 5.32 Å². The first kappa shape index (κ1) is 14.1. The van der Waals surface area contributed by atoms with Gasteiger partial charge in [-0.15, -0.1) is 0 Å². The van der Waals surface area contributed by atoms with Crippen LogP contribution in [-0.4, -0.2) is 11.5 Å². The molecule has 0 aliphatic heterocycles. The number of hydrogen-bond donors (Lipinski definition) is 1. The number of fused-ring (bicyclic) bond motifs is 1. The second kappa shape index (κ2) is 5.74. The van der Waals surface area contributed by atoms with Gasteiger partial charge in [0.2, 0.25) is 0 Å². The maximum Gasteiger partial charge on any atom is 0.168 e. The average molecular weight is 281 g/mol. The lowest BCUT2D eigenvalue weighted by molar-refractivity contribution is 0.636. The normalized spacial score (nSPS) is 11.3. The SMILES string of the molecule is CCCNc1cc(C(C)C)nc2c(F)c(Cl)ccc12. The van der Waals surface area contributed by atoms with E-state index in [1.807, 2.05) is 26.0 Å². The molecule has 2 nitrogen and oxygen atoms in total. The summed E-state index contributed by atoms with van der Waals surface area (Å²) in [6.07, 6.45) is 1.01. The molecular weight excluding hydrogens is 263 g/mol. The number of nitrogens with one attached hydrogen (secondary N) is 1. The van der Waals surface area contributed by atoms with Crippen molar-refractivity contribution in [2.75, 3.05) is 11.9 Å². The maximum absolute atomic E-state index is 14.1. The molecule has 1 heterocycles. The molecule has 1 aromatic carbocycles. The molecule has 0 aliphatic rings. The second-order valence-electron chi connectivity index (χ2n) is 4.93. The zero-order chi connectivity index (χ0) is 14.0. The van der Waals surface area contributed by atoms with Gasteiger partial charge in [0.05, 0.1) is 5.02 Å². The van der Waals surface area contributed by atoms with Gasteiger partial charge in [0, 0.05) is 23.3 Å². The van der Waals surface area contributed by atoms with Gasteiger partial charge in [-0.25, -0.2) is 9.37 Å². The van der Waals surface area contributed by atoms with E-state index in [1.165, 1.54) is 0 Å². The minimum absolute atomic E-state index is 0.113. The molecule has 2 aromatic rings. The van der Waals surface area contributed by atoms with Crippen LogP contribution < -0.4 is 5.32 Å². The molecule has 0 saturated heterocycles. The minimum atomic E-state index is -0.443. The van der Waals surface area contributed by atoms with Crippen molar-refractivity contribution in [2.45, 2.75) is 33.1 Å². The van der Waals surface area contributed by atoms with E-state index in [9.17, 15) is 4.39 Å². The van der Waals surface area contributed by atoms with Crippen LogP contribution in [0.3, 0.4) is 0 Å². The summed E-state index contributed by atoms with van der Waals surface area (Å²) in [5.74, 6) is -0.203. The van der Waals surface area contributed by atoms with Crippen LogP contribution >= 0.6 is 11.6 Å². The first-order valence-corrected chi connectivity index (χ1v) is 6.95. The molecule has 0 unspecified atom stereocenters. The summed E-state index contributed by atoms with van der Waals surface area (Å²) in [5, 5.41) is 4.22. The van der Waals surface area contributed by atoms with Crippen LogP contribution in [0.25, 0.3) is 10.9 Å². The van der Waals surface area contributed by atoms with Crippen molar-refractivity contribution >= 4 is 28.2 Å². The Morgan fingerprint density at radius 1 is 1.37 bits per heavy atom. The van der Waals surface area contributed by atoms with Gasteiger partial charge in [0.1, 0.15) is 5.52 Å². The molecule has 0 amide bonds. The third-order valence-electron chi connectivity index (χ3n) is 3.05. The van der Waals surface area contributed by atoms with Gasteiger partial charge in [-0.05, 0) is 30.5 Å². The highest BCUT2D eigenvalue weighted by molar-refractivity contribution is 6.31. The van der Waals surface area contributed by atoms with Crippen molar-refractivity contribution in [1.82, 2.24) is 4.98 Å². The number of hydrogen-bond acceptors (Lipinski definition) is 2. The molecular formula is C15H18ClFN2. The van der Waals surface area contributed by atoms with E-state index in [0.29, 0.717) is 5.52 Å². The largest absolute Gasteiger partial charge is 0.384 e. The lowest BCUT2D eigenvalue weighted by Crippen LogP contribution is -2.04. The van der Waals surface area contributed by atoms with Gasteiger partial charge in [0.25, 0.3) is 0 Å². The molecule has 0 bridgehead atoms. The van der Waals surface area contributed by atoms with Crippen LogP contribution in [-0.2, 0) is 0 Å². The molecule has 0 saturated carbocycles. The number of rotatable bonds is 4. The molecule has 0 aliphatic carbocycles. The van der Waals surface area contributed by atoms with Crippen LogP contribution in [0.15, 0.2) is 18.2 Å². The Kier molecular flexibility index (Phi) is 4.25. The van der Waals surface area contributed by atoms with E-state index in [4.69, 9.17) is 11.6 Å². The number of nitrogens with zero attached hydrogens (tertiary/aromatic N) is 1. The highest BCUT2D eigenvalue weighted by Crippen LogP contribution is 2.31. The third-order valence-corrected chi connectivity index (χ3v) is 3.34. The fraction of sp³-hybridized carbons (Fsp3) is 0.400. The molecule has 0 radical (unpaired) electrons. The van der Waals surface area contributed by atoms with Gasteiger partial charge in [-0.1, -0.05) is 32.4 Å². The van der Waals surface area contributed by atoms with Gasteiger partial charge in [-0.3, -0.25) is 0 Å². The fourth-order valence-corrected chi connectivity index (χ4v) is 2.11. The predicted octanol–water partition coefficient (Wildman–Crippen LogP) is 4.97. The van der Waals surface area contributed by atoms with E-state index in [2.05, 4.69) is 17.2 Å². The summed E-state index contributed by atoms with van der Waals surface area (Å²) >= 11 is 5.84. The number of pyridine rings is 1. The summed E-state index contributed by atoms with van der Waals surface area (Å²) in [7, 11) is 0. The van der Waals surface area contributed by atoms with Crippen molar-refractivity contribution in [3.63, 3.8) is 0 Å². The van der Waals surface area contributed by atoms with Gasteiger partial charge in [0.15, 0.2) is 5.82 Å². The average Bonchev–Trinajstić information content (AvgIpc) is 2.40. The number of anilines is 1. The standard InChI is InChI=1S/C15H18ClFN2/c1-4-7-18-13-8-12(9(2)3)19-15-10(13)5-6-11(16)14(15)17/h5-6,8-9H,4,7H2,1-3H3,(H,18,19). The molecule has 0 fully saturated rings. The molecule has 2 rings (SSSR count). The van der Waals surface area contributed by atoms with Gasteiger partial charge >= 0.3 is 0 Å². The van der Waals surface area contributed by atoms with Crippen LogP contribution in [0.4, 0.5) is 10.1 Å². The third kappa shape index (κ3) is 2.81. The molecule has 1 aromatic heterocycles. The lowest BCUT2D eigenvalue weighted by Gasteiger charge is -2.14. The predicted molar refractivity (Wildman–Crippen MR) is 79.6 cm³/mol.